The molecule has 0 saturated carbocycles. The van der Waals surface area contributed by atoms with Crippen molar-refractivity contribution in [2.24, 2.45) is 5.92 Å². The molecule has 3 heterocycles. The van der Waals surface area contributed by atoms with E-state index in [9.17, 15) is 13.2 Å². The Kier molecular flexibility index (Phi) is 6.80. The lowest BCUT2D eigenvalue weighted by atomic mass is 9.97. The second-order valence-corrected chi connectivity index (χ2v) is 11.2. The first-order chi connectivity index (χ1) is 16.6. The number of hydrogen-bond donors (Lipinski definition) is 1. The second kappa shape index (κ2) is 9.65. The zero-order valence-corrected chi connectivity index (χ0v) is 21.1. The van der Waals surface area contributed by atoms with E-state index in [1.54, 1.807) is 24.4 Å². The molecule has 3 aromatic rings. The van der Waals surface area contributed by atoms with Crippen molar-refractivity contribution in [3.63, 3.8) is 0 Å². The quantitative estimate of drug-likeness (QED) is 0.521. The lowest BCUT2D eigenvalue weighted by Crippen LogP contribution is -2.41. The highest BCUT2D eigenvalue weighted by Gasteiger charge is 2.39. The Balaban J connectivity index is 1.55. The van der Waals surface area contributed by atoms with E-state index in [1.807, 2.05) is 37.3 Å². The molecule has 1 saturated heterocycles. The fourth-order valence-corrected chi connectivity index (χ4v) is 5.49. The van der Waals surface area contributed by atoms with Crippen LogP contribution in [-0.2, 0) is 10.0 Å². The molecule has 1 fully saturated rings. The molecular formula is C26H30N4O4S. The van der Waals surface area contributed by atoms with Crippen LogP contribution in [0.5, 0.6) is 5.88 Å². The first kappa shape index (κ1) is 24.7. The molecule has 2 atom stereocenters. The number of nitrogens with one attached hydrogen (secondary N) is 1. The summed E-state index contributed by atoms with van der Waals surface area (Å²) in [7, 11) is -4.25. The van der Waals surface area contributed by atoms with Gasteiger partial charge in [-0.05, 0) is 56.9 Å². The van der Waals surface area contributed by atoms with Gasteiger partial charge < -0.3 is 9.64 Å². The maximum atomic E-state index is 13.1. The summed E-state index contributed by atoms with van der Waals surface area (Å²) in [5.41, 5.74) is 0.923. The normalized spacial score (nSPS) is 18.2. The van der Waals surface area contributed by atoms with Crippen molar-refractivity contribution >= 4 is 21.7 Å². The molecule has 1 N–H and O–H groups in total. The molecule has 1 unspecified atom stereocenters. The molecule has 2 aromatic heterocycles. The molecule has 0 aliphatic carbocycles. The van der Waals surface area contributed by atoms with Crippen LogP contribution in [0.2, 0.25) is 0 Å². The topological polar surface area (TPSA) is 101 Å². The lowest BCUT2D eigenvalue weighted by molar-refractivity contribution is 0.0981. The highest BCUT2D eigenvalue weighted by atomic mass is 32.2. The molecule has 9 heteroatoms. The van der Waals surface area contributed by atoms with E-state index in [0.29, 0.717) is 11.7 Å². The fraction of sp³-hybridized carbons (Fsp3) is 0.346. The molecule has 0 spiro atoms. The molecule has 0 bridgehead atoms. The van der Waals surface area contributed by atoms with E-state index in [0.717, 1.165) is 18.5 Å². The van der Waals surface area contributed by atoms with Crippen LogP contribution in [-0.4, -0.2) is 36.4 Å². The number of ether oxygens (including phenoxy) is 1. The molecule has 0 radical (unpaired) electrons. The predicted molar refractivity (Wildman–Crippen MR) is 134 cm³/mol. The minimum atomic E-state index is -4.25. The van der Waals surface area contributed by atoms with Gasteiger partial charge in [-0.15, -0.1) is 0 Å². The average Bonchev–Trinajstić information content (AvgIpc) is 3.11. The van der Waals surface area contributed by atoms with Gasteiger partial charge in [0.05, 0.1) is 5.56 Å². The largest absolute Gasteiger partial charge is 0.470 e. The van der Waals surface area contributed by atoms with Gasteiger partial charge in [0, 0.05) is 24.3 Å². The summed E-state index contributed by atoms with van der Waals surface area (Å²) < 4.78 is 34.1. The van der Waals surface area contributed by atoms with Crippen LogP contribution in [0.4, 0.5) is 5.82 Å². The Morgan fingerprint density at radius 2 is 1.86 bits per heavy atom. The summed E-state index contributed by atoms with van der Waals surface area (Å²) in [5.74, 6) is 0.286. The van der Waals surface area contributed by atoms with Crippen LogP contribution in [0.15, 0.2) is 71.9 Å². The Bertz CT molecular complexity index is 1310. The number of anilines is 1. The Hall–Kier alpha value is -3.46. The van der Waals surface area contributed by atoms with Crippen LogP contribution in [0.25, 0.3) is 0 Å². The monoisotopic (exact) mass is 494 g/mol. The van der Waals surface area contributed by atoms with Crippen LogP contribution < -0.4 is 14.4 Å². The zero-order chi connectivity index (χ0) is 25.2. The fourth-order valence-electron chi connectivity index (χ4n) is 4.56. The van der Waals surface area contributed by atoms with Crippen molar-refractivity contribution < 1.29 is 17.9 Å². The molecule has 1 aliphatic rings. The van der Waals surface area contributed by atoms with E-state index in [-0.39, 0.29) is 28.1 Å². The molecule has 184 valence electrons. The lowest BCUT2D eigenvalue weighted by Gasteiger charge is -2.33. The van der Waals surface area contributed by atoms with Crippen molar-refractivity contribution in [2.45, 2.75) is 50.8 Å². The first-order valence-corrected chi connectivity index (χ1v) is 13.0. The number of nitrogens with zero attached hydrogens (tertiary/aromatic N) is 3. The van der Waals surface area contributed by atoms with E-state index >= 15 is 0 Å². The highest BCUT2D eigenvalue weighted by molar-refractivity contribution is 7.90. The third-order valence-electron chi connectivity index (χ3n) is 6.13. The summed E-state index contributed by atoms with van der Waals surface area (Å²) in [6, 6.07) is 17.2. The summed E-state index contributed by atoms with van der Waals surface area (Å²) in [5, 5.41) is -0.302. The summed E-state index contributed by atoms with van der Waals surface area (Å²) in [6.07, 6.45) is 2.22. The molecule has 1 amide bonds. The van der Waals surface area contributed by atoms with Gasteiger partial charge in [-0.3, -0.25) is 4.79 Å². The van der Waals surface area contributed by atoms with Crippen LogP contribution in [0, 0.1) is 5.92 Å². The van der Waals surface area contributed by atoms with Gasteiger partial charge in [0.1, 0.15) is 11.9 Å². The molecule has 4 rings (SSSR count). The Morgan fingerprint density at radius 3 is 2.54 bits per heavy atom. The van der Waals surface area contributed by atoms with Crippen LogP contribution in [0.3, 0.4) is 0 Å². The zero-order valence-electron chi connectivity index (χ0n) is 20.3. The van der Waals surface area contributed by atoms with Gasteiger partial charge in [0.15, 0.2) is 5.03 Å². The van der Waals surface area contributed by atoms with Crippen molar-refractivity contribution in [1.29, 1.82) is 0 Å². The van der Waals surface area contributed by atoms with Gasteiger partial charge in [0.2, 0.25) is 5.88 Å². The number of amides is 1. The van der Waals surface area contributed by atoms with E-state index in [2.05, 4.69) is 40.4 Å². The summed E-state index contributed by atoms with van der Waals surface area (Å²) in [4.78, 5) is 23.8. The third-order valence-corrected chi connectivity index (χ3v) is 7.36. The molecule has 35 heavy (non-hydrogen) atoms. The molecule has 8 nitrogen and oxygen atoms in total. The van der Waals surface area contributed by atoms with E-state index in [4.69, 9.17) is 4.74 Å². The standard InChI is InChI=1S/C26H30N4O4S/c1-18-16-26(3,4)30(17-18)24-21(12-9-15-27-24)25(31)29-35(32,33)23-14-8-13-22(28-23)34-19(2)20-10-6-5-7-11-20/h5-15,18-19H,16-17H2,1-4H3,(H,29,31)/t18?,19-/m0/s1. The SMILES string of the molecule is CC1CN(c2ncccc2C(=O)NS(=O)(=O)c2cccc(O[C@@H](C)c3ccccc3)n2)C(C)(C)C1. The number of sulfonamides is 1. The van der Waals surface area contributed by atoms with Crippen LogP contribution in [0.1, 0.15) is 56.1 Å². The number of carbonyl (C=O) groups is 1. The summed E-state index contributed by atoms with van der Waals surface area (Å²) >= 11 is 0. The smallest absolute Gasteiger partial charge is 0.281 e. The maximum Gasteiger partial charge on any atom is 0.281 e. The van der Waals surface area contributed by atoms with Gasteiger partial charge in [-0.1, -0.05) is 43.3 Å². The third kappa shape index (κ3) is 5.45. The second-order valence-electron chi connectivity index (χ2n) is 9.53. The number of rotatable bonds is 7. The van der Waals surface area contributed by atoms with E-state index in [1.165, 1.54) is 12.1 Å². The van der Waals surface area contributed by atoms with E-state index < -0.39 is 15.9 Å². The van der Waals surface area contributed by atoms with Crippen molar-refractivity contribution in [3.05, 3.63) is 78.0 Å². The molecule has 1 aromatic carbocycles. The van der Waals surface area contributed by atoms with Gasteiger partial charge >= 0.3 is 0 Å². The van der Waals surface area contributed by atoms with Crippen LogP contribution >= 0.6 is 0 Å². The number of benzene rings is 1. The van der Waals surface area contributed by atoms with Gasteiger partial charge in [-0.2, -0.15) is 13.4 Å². The minimum Gasteiger partial charge on any atom is -0.470 e. The number of pyridine rings is 2. The number of aromatic nitrogens is 2. The Morgan fingerprint density at radius 1 is 1.11 bits per heavy atom. The number of carbonyl (C=O) groups excluding carboxylic acids is 1. The van der Waals surface area contributed by atoms with Crippen molar-refractivity contribution in [2.75, 3.05) is 11.4 Å². The Labute approximate surface area is 206 Å². The maximum absolute atomic E-state index is 13.1. The van der Waals surface area contributed by atoms with Crippen molar-refractivity contribution in [1.82, 2.24) is 14.7 Å². The van der Waals surface area contributed by atoms with Gasteiger partial charge in [-0.25, -0.2) is 9.71 Å². The minimum absolute atomic E-state index is 0.145. The summed E-state index contributed by atoms with van der Waals surface area (Å²) in [6.45, 7) is 8.92. The molecular weight excluding hydrogens is 464 g/mol. The van der Waals surface area contributed by atoms with Crippen molar-refractivity contribution in [3.8, 4) is 5.88 Å². The first-order valence-electron chi connectivity index (χ1n) is 11.6. The van der Waals surface area contributed by atoms with Gasteiger partial charge in [0.25, 0.3) is 15.9 Å². The average molecular weight is 495 g/mol. The molecule has 1 aliphatic heterocycles. The highest BCUT2D eigenvalue weighted by Crippen LogP contribution is 2.37. The predicted octanol–water partition coefficient (Wildman–Crippen LogP) is 4.36. The number of hydrogen-bond acceptors (Lipinski definition) is 7.